The van der Waals surface area contributed by atoms with E-state index in [1.807, 2.05) is 0 Å². The minimum Gasteiger partial charge on any atom is -0.454 e. The molecule has 2 aromatic carbocycles. The Morgan fingerprint density at radius 2 is 1.89 bits per heavy atom. The number of aryl methyl sites for hydroxylation is 1. The number of anilines is 1. The van der Waals surface area contributed by atoms with Crippen molar-refractivity contribution >= 4 is 16.5 Å². The van der Waals surface area contributed by atoms with Gasteiger partial charge in [0.05, 0.1) is 17.3 Å². The second-order valence-corrected chi connectivity index (χ2v) is 6.05. The molecule has 6 nitrogen and oxygen atoms in total. The van der Waals surface area contributed by atoms with Crippen molar-refractivity contribution in [2.45, 2.75) is 6.92 Å². The van der Waals surface area contributed by atoms with Gasteiger partial charge in [0.1, 0.15) is 11.6 Å². The lowest BCUT2D eigenvalue weighted by Crippen LogP contribution is -2.07. The lowest BCUT2D eigenvalue weighted by atomic mass is 10.1. The average molecular weight is 368 g/mol. The number of ether oxygens (including phenoxy) is 1. The molecule has 0 fully saturated rings. The van der Waals surface area contributed by atoms with Crippen LogP contribution >= 0.6 is 0 Å². The van der Waals surface area contributed by atoms with Gasteiger partial charge >= 0.3 is 0 Å². The number of nitrogens with zero attached hydrogens (tertiary/aromatic N) is 1. The maximum Gasteiger partial charge on any atom is 0.273 e. The maximum atomic E-state index is 14.0. The van der Waals surface area contributed by atoms with Gasteiger partial charge in [0.2, 0.25) is 0 Å². The van der Waals surface area contributed by atoms with Crippen molar-refractivity contribution in [3.63, 3.8) is 0 Å². The Hall–Kier alpha value is -3.68. The third-order valence-corrected chi connectivity index (χ3v) is 4.20. The Balaban J connectivity index is 1.91. The fourth-order valence-corrected chi connectivity index (χ4v) is 3.00. The van der Waals surface area contributed by atoms with E-state index < -0.39 is 11.6 Å². The van der Waals surface area contributed by atoms with E-state index >= 15 is 0 Å². The number of nitrogens with two attached hydrogens (primary N) is 1. The molecule has 2 heterocycles. The van der Waals surface area contributed by atoms with E-state index in [2.05, 4.69) is 15.2 Å². The average Bonchev–Trinajstić information content (AvgIpc) is 2.96. The standard InChI is InChI=1S/C19H14F2N4O2/c1-9-17-13(8-23-25-19(17)26)18(24-9)12-7-11(22)3-5-15(12)27-16-4-2-10(20)6-14(16)21/h2-8,24H,22H2,1H3,(H,25,26). The molecular formula is C19H14F2N4O2. The number of H-pyrrole nitrogens is 2. The molecular weight excluding hydrogens is 354 g/mol. The molecule has 4 rings (SSSR count). The highest BCUT2D eigenvalue weighted by Gasteiger charge is 2.18. The monoisotopic (exact) mass is 368 g/mol. The zero-order chi connectivity index (χ0) is 19.1. The Labute approximate surface area is 151 Å². The summed E-state index contributed by atoms with van der Waals surface area (Å²) in [7, 11) is 0. The van der Waals surface area contributed by atoms with E-state index in [1.54, 1.807) is 25.1 Å². The van der Waals surface area contributed by atoms with E-state index in [-0.39, 0.29) is 17.1 Å². The minimum absolute atomic E-state index is 0.133. The molecule has 0 aliphatic carbocycles. The molecule has 4 aromatic rings. The molecule has 0 amide bonds. The summed E-state index contributed by atoms with van der Waals surface area (Å²) in [6.45, 7) is 1.76. The van der Waals surface area contributed by atoms with Crippen LogP contribution < -0.4 is 16.0 Å². The van der Waals surface area contributed by atoms with E-state index in [9.17, 15) is 13.6 Å². The first kappa shape index (κ1) is 16.8. The molecule has 0 atom stereocenters. The highest BCUT2D eigenvalue weighted by molar-refractivity contribution is 5.98. The number of nitrogens with one attached hydrogen (secondary N) is 2. The summed E-state index contributed by atoms with van der Waals surface area (Å²) in [6.07, 6.45) is 1.51. The van der Waals surface area contributed by atoms with Crippen LogP contribution in [-0.2, 0) is 0 Å². The smallest absolute Gasteiger partial charge is 0.273 e. The van der Waals surface area contributed by atoms with Crippen LogP contribution in [-0.4, -0.2) is 15.2 Å². The summed E-state index contributed by atoms with van der Waals surface area (Å²) < 4.78 is 32.8. The predicted molar refractivity (Wildman–Crippen MR) is 97.7 cm³/mol. The van der Waals surface area contributed by atoms with Crippen molar-refractivity contribution < 1.29 is 13.5 Å². The first-order valence-corrected chi connectivity index (χ1v) is 8.03. The van der Waals surface area contributed by atoms with Crippen molar-refractivity contribution in [2.24, 2.45) is 0 Å². The molecule has 0 unspecified atom stereocenters. The van der Waals surface area contributed by atoms with Crippen LogP contribution in [0.1, 0.15) is 5.69 Å². The fourth-order valence-electron chi connectivity index (χ4n) is 3.00. The molecule has 0 bridgehead atoms. The van der Waals surface area contributed by atoms with Gasteiger partial charge in [0.15, 0.2) is 11.6 Å². The van der Waals surface area contributed by atoms with Crippen LogP contribution in [0.15, 0.2) is 47.4 Å². The van der Waals surface area contributed by atoms with Gasteiger partial charge < -0.3 is 15.5 Å². The molecule has 0 saturated carbocycles. The van der Waals surface area contributed by atoms with Gasteiger partial charge in [0, 0.05) is 28.4 Å². The van der Waals surface area contributed by atoms with E-state index in [0.29, 0.717) is 33.4 Å². The molecule has 4 N–H and O–H groups in total. The lowest BCUT2D eigenvalue weighted by molar-refractivity contribution is 0.439. The van der Waals surface area contributed by atoms with Crippen LogP contribution in [0.2, 0.25) is 0 Å². The van der Waals surface area contributed by atoms with E-state index in [4.69, 9.17) is 10.5 Å². The Morgan fingerprint density at radius 3 is 2.67 bits per heavy atom. The van der Waals surface area contributed by atoms with Crippen molar-refractivity contribution in [3.8, 4) is 22.8 Å². The van der Waals surface area contributed by atoms with Gasteiger partial charge in [-0.3, -0.25) is 4.79 Å². The van der Waals surface area contributed by atoms with Gasteiger partial charge in [-0.25, -0.2) is 13.9 Å². The molecule has 136 valence electrons. The third kappa shape index (κ3) is 2.91. The maximum absolute atomic E-state index is 14.0. The zero-order valence-corrected chi connectivity index (χ0v) is 14.1. The summed E-state index contributed by atoms with van der Waals surface area (Å²) in [5.74, 6) is -1.37. The second kappa shape index (κ2) is 6.24. The number of fused-ring (bicyclic) bond motifs is 1. The third-order valence-electron chi connectivity index (χ3n) is 4.20. The first-order chi connectivity index (χ1) is 12.9. The number of hydrogen-bond acceptors (Lipinski definition) is 4. The molecule has 2 aromatic heterocycles. The summed E-state index contributed by atoms with van der Waals surface area (Å²) >= 11 is 0. The first-order valence-electron chi connectivity index (χ1n) is 8.03. The number of rotatable bonds is 3. The van der Waals surface area contributed by atoms with Gasteiger partial charge in [-0.05, 0) is 37.3 Å². The normalized spacial score (nSPS) is 11.1. The number of aromatic amines is 2. The summed E-state index contributed by atoms with van der Waals surface area (Å²) in [4.78, 5) is 15.2. The van der Waals surface area contributed by atoms with Crippen molar-refractivity contribution in [3.05, 3.63) is 70.3 Å². The lowest BCUT2D eigenvalue weighted by Gasteiger charge is -2.12. The van der Waals surface area contributed by atoms with Crippen LogP contribution in [0.4, 0.5) is 14.5 Å². The van der Waals surface area contributed by atoms with Crippen molar-refractivity contribution in [1.29, 1.82) is 0 Å². The summed E-state index contributed by atoms with van der Waals surface area (Å²) in [6, 6.07) is 7.87. The SMILES string of the molecule is Cc1[nH]c(-c2cc(N)ccc2Oc2ccc(F)cc2F)c2cn[nH]c(=O)c12. The molecule has 0 aliphatic heterocycles. The molecule has 8 heteroatoms. The summed E-state index contributed by atoms with van der Waals surface area (Å²) in [5.41, 5.74) is 7.76. The highest BCUT2D eigenvalue weighted by Crippen LogP contribution is 2.38. The number of aromatic nitrogens is 3. The van der Waals surface area contributed by atoms with E-state index in [1.165, 1.54) is 12.3 Å². The highest BCUT2D eigenvalue weighted by atomic mass is 19.1. The van der Waals surface area contributed by atoms with Gasteiger partial charge in [-0.1, -0.05) is 0 Å². The Morgan fingerprint density at radius 1 is 1.11 bits per heavy atom. The summed E-state index contributed by atoms with van der Waals surface area (Å²) in [5, 5.41) is 7.27. The largest absolute Gasteiger partial charge is 0.454 e. The van der Waals surface area contributed by atoms with Gasteiger partial charge in [0.25, 0.3) is 5.56 Å². The van der Waals surface area contributed by atoms with Gasteiger partial charge in [-0.2, -0.15) is 5.10 Å². The zero-order valence-electron chi connectivity index (χ0n) is 14.1. The van der Waals surface area contributed by atoms with E-state index in [0.717, 1.165) is 12.1 Å². The molecule has 0 saturated heterocycles. The van der Waals surface area contributed by atoms with Crippen LogP contribution in [0.3, 0.4) is 0 Å². The Bertz CT molecular complexity index is 1230. The quantitative estimate of drug-likeness (QED) is 0.478. The second-order valence-electron chi connectivity index (χ2n) is 6.05. The Kier molecular flexibility index (Phi) is 3.88. The topological polar surface area (TPSA) is 96.8 Å². The molecule has 27 heavy (non-hydrogen) atoms. The van der Waals surface area contributed by atoms with Gasteiger partial charge in [-0.15, -0.1) is 0 Å². The van der Waals surface area contributed by atoms with Crippen LogP contribution in [0.5, 0.6) is 11.5 Å². The molecule has 0 aliphatic rings. The molecule has 0 spiro atoms. The number of benzene rings is 2. The van der Waals surface area contributed by atoms with Crippen molar-refractivity contribution in [2.75, 3.05) is 5.73 Å². The van der Waals surface area contributed by atoms with Crippen LogP contribution in [0.25, 0.3) is 22.0 Å². The van der Waals surface area contributed by atoms with Crippen molar-refractivity contribution in [1.82, 2.24) is 15.2 Å². The number of nitrogen functional groups attached to an aromatic ring is 1. The molecule has 0 radical (unpaired) electrons. The fraction of sp³-hybridized carbons (Fsp3) is 0.0526. The van der Waals surface area contributed by atoms with Crippen LogP contribution in [0, 0.1) is 18.6 Å². The minimum atomic E-state index is -0.830. The number of halogens is 2. The number of hydrogen-bond donors (Lipinski definition) is 3. The predicted octanol–water partition coefficient (Wildman–Crippen LogP) is 3.88.